The van der Waals surface area contributed by atoms with Gasteiger partial charge in [-0.05, 0) is 22.9 Å². The average molecular weight is 243 g/mol. The maximum atomic E-state index is 5.08. The summed E-state index contributed by atoms with van der Waals surface area (Å²) in [5.41, 5.74) is 1.32. The molecular weight excluding hydrogens is 236 g/mol. The first-order valence-corrected chi connectivity index (χ1v) is 4.44. The third-order valence-corrected chi connectivity index (χ3v) is 1.97. The molecule has 0 unspecified atom stereocenters. The van der Waals surface area contributed by atoms with Gasteiger partial charge in [0.2, 0.25) is 5.88 Å². The highest BCUT2D eigenvalue weighted by atomic mass is 79.9. The van der Waals surface area contributed by atoms with Gasteiger partial charge in [-0.3, -0.25) is 0 Å². The van der Waals surface area contributed by atoms with E-state index < -0.39 is 0 Å². The quantitative estimate of drug-likeness (QED) is 0.769. The van der Waals surface area contributed by atoms with Crippen LogP contribution in [0.15, 0.2) is 4.73 Å². The van der Waals surface area contributed by atoms with E-state index in [1.807, 2.05) is 0 Å². The Morgan fingerprint density at radius 3 is 2.77 bits per heavy atom. The highest BCUT2D eigenvalue weighted by molar-refractivity contribution is 9.10. The van der Waals surface area contributed by atoms with Crippen molar-refractivity contribution in [2.45, 2.75) is 6.92 Å². The van der Waals surface area contributed by atoms with Crippen molar-refractivity contribution < 1.29 is 4.74 Å². The van der Waals surface area contributed by atoms with Gasteiger partial charge in [0.15, 0.2) is 10.4 Å². The van der Waals surface area contributed by atoms with E-state index in [9.17, 15) is 0 Å². The van der Waals surface area contributed by atoms with Crippen LogP contribution in [0.25, 0.3) is 11.2 Å². The third-order valence-electron chi connectivity index (χ3n) is 1.59. The number of hydrogen-bond acceptors (Lipinski definition) is 4. The minimum absolute atomic E-state index is 0.515. The van der Waals surface area contributed by atoms with Gasteiger partial charge in [0.1, 0.15) is 11.3 Å². The van der Waals surface area contributed by atoms with E-state index in [1.54, 1.807) is 14.0 Å². The molecule has 5 nitrogen and oxygen atoms in total. The molecule has 2 aromatic heterocycles. The van der Waals surface area contributed by atoms with Gasteiger partial charge in [-0.25, -0.2) is 9.97 Å². The number of aryl methyl sites for hydroxylation is 1. The minimum atomic E-state index is 0.515. The summed E-state index contributed by atoms with van der Waals surface area (Å²) in [6.45, 7) is 1.80. The fraction of sp³-hybridized carbons (Fsp3) is 0.286. The Bertz CT molecular complexity index is 453. The predicted octanol–water partition coefficient (Wildman–Crippen LogP) is 1.43. The number of imidazole rings is 1. The van der Waals surface area contributed by atoms with Crippen molar-refractivity contribution in [1.82, 2.24) is 19.9 Å². The highest BCUT2D eigenvalue weighted by Crippen LogP contribution is 2.21. The van der Waals surface area contributed by atoms with Gasteiger partial charge >= 0.3 is 0 Å². The molecule has 0 bridgehead atoms. The van der Waals surface area contributed by atoms with Gasteiger partial charge in [0.25, 0.3) is 0 Å². The number of H-pyrrole nitrogens is 1. The van der Waals surface area contributed by atoms with E-state index in [2.05, 4.69) is 35.9 Å². The molecule has 13 heavy (non-hydrogen) atoms. The Balaban J connectivity index is 2.80. The Morgan fingerprint density at radius 2 is 2.08 bits per heavy atom. The molecule has 6 heteroatoms. The number of rotatable bonds is 1. The molecule has 0 radical (unpaired) electrons. The van der Waals surface area contributed by atoms with Crippen molar-refractivity contribution >= 4 is 27.1 Å². The number of fused-ring (bicyclic) bond motifs is 1. The molecule has 0 aromatic carbocycles. The molecule has 68 valence electrons. The lowest BCUT2D eigenvalue weighted by atomic mass is 10.5. The molecule has 2 rings (SSSR count). The lowest BCUT2D eigenvalue weighted by Gasteiger charge is -1.99. The Kier molecular flexibility index (Phi) is 1.91. The highest BCUT2D eigenvalue weighted by Gasteiger charge is 2.09. The second-order valence-electron chi connectivity index (χ2n) is 2.51. The first-order valence-electron chi connectivity index (χ1n) is 3.64. The number of hydrogen-bond donors (Lipinski definition) is 1. The summed E-state index contributed by atoms with van der Waals surface area (Å²) in [6, 6.07) is 0. The van der Waals surface area contributed by atoms with Crippen LogP contribution in [-0.4, -0.2) is 27.0 Å². The first-order chi connectivity index (χ1) is 6.20. The van der Waals surface area contributed by atoms with E-state index in [4.69, 9.17) is 4.74 Å². The molecule has 0 amide bonds. The van der Waals surface area contributed by atoms with Crippen LogP contribution in [0.2, 0.25) is 0 Å². The number of halogens is 1. The molecule has 1 N–H and O–H groups in total. The summed E-state index contributed by atoms with van der Waals surface area (Å²) < 4.78 is 5.70. The Hall–Kier alpha value is -1.17. The molecule has 0 aliphatic carbocycles. The largest absolute Gasteiger partial charge is 0.479 e. The number of methoxy groups -OCH3 is 1. The number of aromatic nitrogens is 4. The van der Waals surface area contributed by atoms with Gasteiger partial charge in [0, 0.05) is 0 Å². The average Bonchev–Trinajstić information content (AvgIpc) is 2.43. The van der Waals surface area contributed by atoms with Gasteiger partial charge in [0.05, 0.1) is 7.11 Å². The van der Waals surface area contributed by atoms with Crippen LogP contribution in [0, 0.1) is 6.92 Å². The van der Waals surface area contributed by atoms with Crippen molar-refractivity contribution in [3.8, 4) is 5.88 Å². The van der Waals surface area contributed by atoms with Gasteiger partial charge in [-0.15, -0.1) is 0 Å². The van der Waals surface area contributed by atoms with Crippen LogP contribution >= 0.6 is 15.9 Å². The van der Waals surface area contributed by atoms with Crippen LogP contribution in [0.3, 0.4) is 0 Å². The zero-order valence-corrected chi connectivity index (χ0v) is 8.71. The van der Waals surface area contributed by atoms with E-state index >= 15 is 0 Å². The van der Waals surface area contributed by atoms with Crippen molar-refractivity contribution in [3.05, 3.63) is 10.6 Å². The second-order valence-corrected chi connectivity index (χ2v) is 3.26. The molecule has 0 aliphatic heterocycles. The summed E-state index contributed by atoms with van der Waals surface area (Å²) in [6.07, 6.45) is 0. The van der Waals surface area contributed by atoms with Crippen LogP contribution in [-0.2, 0) is 0 Å². The zero-order chi connectivity index (χ0) is 9.42. The third kappa shape index (κ3) is 1.37. The minimum Gasteiger partial charge on any atom is -0.479 e. The molecule has 0 aliphatic rings. The summed E-state index contributed by atoms with van der Waals surface area (Å²) >= 11 is 3.22. The molecule has 2 aromatic rings. The molecule has 0 atom stereocenters. The van der Waals surface area contributed by atoms with E-state index in [1.165, 1.54) is 0 Å². The zero-order valence-electron chi connectivity index (χ0n) is 7.13. The van der Waals surface area contributed by atoms with Crippen LogP contribution in [0.1, 0.15) is 5.82 Å². The first kappa shape index (κ1) is 8.43. The van der Waals surface area contributed by atoms with Crippen LogP contribution in [0.4, 0.5) is 0 Å². The second kappa shape index (κ2) is 2.95. The number of nitrogens with zero attached hydrogens (tertiary/aromatic N) is 3. The van der Waals surface area contributed by atoms with Crippen LogP contribution < -0.4 is 4.74 Å². The van der Waals surface area contributed by atoms with Crippen molar-refractivity contribution in [1.29, 1.82) is 0 Å². The van der Waals surface area contributed by atoms with E-state index in [0.29, 0.717) is 27.6 Å². The summed E-state index contributed by atoms with van der Waals surface area (Å²) in [7, 11) is 1.57. The normalized spacial score (nSPS) is 10.7. The molecule has 0 saturated heterocycles. The van der Waals surface area contributed by atoms with E-state index in [-0.39, 0.29) is 0 Å². The number of nitrogens with one attached hydrogen (secondary N) is 1. The maximum absolute atomic E-state index is 5.08. The monoisotopic (exact) mass is 242 g/mol. The Morgan fingerprint density at radius 1 is 1.31 bits per heavy atom. The fourth-order valence-electron chi connectivity index (χ4n) is 1.09. The SMILES string of the molecule is COc1nc(C)nc2nc(Br)[nH]c12. The fourth-order valence-corrected chi connectivity index (χ4v) is 1.46. The van der Waals surface area contributed by atoms with Gasteiger partial charge in [-0.1, -0.05) is 0 Å². The number of aromatic amines is 1. The van der Waals surface area contributed by atoms with Crippen LogP contribution in [0.5, 0.6) is 5.88 Å². The van der Waals surface area contributed by atoms with Crippen molar-refractivity contribution in [2.75, 3.05) is 7.11 Å². The van der Waals surface area contributed by atoms with Gasteiger partial charge < -0.3 is 9.72 Å². The standard InChI is InChI=1S/C7H7BrN4O/c1-3-9-5-4(6(10-3)13-2)11-7(8)12-5/h1-2H3,(H,9,10,11,12). The maximum Gasteiger partial charge on any atom is 0.243 e. The lowest BCUT2D eigenvalue weighted by Crippen LogP contribution is -1.94. The lowest BCUT2D eigenvalue weighted by molar-refractivity contribution is 0.400. The van der Waals surface area contributed by atoms with Gasteiger partial charge in [-0.2, -0.15) is 4.98 Å². The van der Waals surface area contributed by atoms with E-state index in [0.717, 1.165) is 0 Å². The smallest absolute Gasteiger partial charge is 0.243 e. The number of ether oxygens (including phenoxy) is 1. The molecular formula is C7H7BrN4O. The summed E-state index contributed by atoms with van der Waals surface area (Å²) in [5.74, 6) is 1.16. The summed E-state index contributed by atoms with van der Waals surface area (Å²) in [4.78, 5) is 15.3. The summed E-state index contributed by atoms with van der Waals surface area (Å²) in [5, 5.41) is 0. The predicted molar refractivity (Wildman–Crippen MR) is 50.7 cm³/mol. The molecule has 0 spiro atoms. The Labute approximate surface area is 82.7 Å². The topological polar surface area (TPSA) is 63.7 Å². The van der Waals surface area contributed by atoms with Crippen molar-refractivity contribution in [2.24, 2.45) is 0 Å². The molecule has 0 saturated carbocycles. The molecule has 0 fully saturated rings. The molecule has 2 heterocycles. The van der Waals surface area contributed by atoms with Crippen molar-refractivity contribution in [3.63, 3.8) is 0 Å².